The third kappa shape index (κ3) is 14.9. The second kappa shape index (κ2) is 21.2. The summed E-state index contributed by atoms with van der Waals surface area (Å²) in [6.45, 7) is 11.4. The number of amides is 4. The first-order chi connectivity index (χ1) is 20.2. The average Bonchev–Trinajstić information content (AvgIpc) is 2.97. The van der Waals surface area contributed by atoms with E-state index in [4.69, 9.17) is 16.9 Å². The van der Waals surface area contributed by atoms with Crippen LogP contribution in [0.1, 0.15) is 80.1 Å². The third-order valence-corrected chi connectivity index (χ3v) is 7.67. The van der Waals surface area contributed by atoms with Crippen molar-refractivity contribution in [3.8, 4) is 0 Å². The first-order valence-electron chi connectivity index (χ1n) is 14.9. The maximum Gasteiger partial charge on any atom is 0.243 e. The standard InChI is InChI=1S/C28H53N9O6/c1-7-16(4)21(14-38)33-26(42)20(13-23(29)40)37-36-19(11-10-12-32-28(30)31)25(41)35-24(18(6)9-3)27(43)34-22(15-39)17(5)8-2/h14-22,24,36-37H,7-13H2,1-6H3,(H2,29,40)(H,33,42)(H,34,43)(H,35,41)(H4,30,31,32)/t16-,17-,18-,19-,20-,21+,22+,24-/m0/s1. The maximum absolute atomic E-state index is 13.5. The molecule has 0 spiro atoms. The molecule has 0 aromatic heterocycles. The van der Waals surface area contributed by atoms with Crippen LogP contribution in [0.2, 0.25) is 0 Å². The molecule has 0 heterocycles. The van der Waals surface area contributed by atoms with Crippen molar-refractivity contribution in [1.82, 2.24) is 32.1 Å². The van der Waals surface area contributed by atoms with Gasteiger partial charge in [-0.3, -0.25) is 24.6 Å². The topological polar surface area (TPSA) is 250 Å². The molecule has 0 aliphatic carbocycles. The molecule has 15 nitrogen and oxygen atoms in total. The van der Waals surface area contributed by atoms with E-state index in [1.54, 1.807) is 13.8 Å². The lowest BCUT2D eigenvalue weighted by Crippen LogP contribution is -2.61. The van der Waals surface area contributed by atoms with Crippen molar-refractivity contribution in [3.63, 3.8) is 0 Å². The Labute approximate surface area is 254 Å². The van der Waals surface area contributed by atoms with Crippen molar-refractivity contribution in [2.45, 2.75) is 110 Å². The smallest absolute Gasteiger partial charge is 0.243 e. The second-order valence-corrected chi connectivity index (χ2v) is 11.0. The number of hydrogen-bond donors (Lipinski definition) is 9. The molecule has 0 aliphatic heterocycles. The van der Waals surface area contributed by atoms with Gasteiger partial charge < -0.3 is 42.3 Å². The molecule has 0 aromatic rings. The van der Waals surface area contributed by atoms with Crippen molar-refractivity contribution in [1.29, 1.82) is 5.41 Å². The molecular formula is C28H53N9O6. The average molecular weight is 612 g/mol. The van der Waals surface area contributed by atoms with Crippen LogP contribution in [-0.2, 0) is 28.8 Å². The Kier molecular flexibility index (Phi) is 19.4. The summed E-state index contributed by atoms with van der Waals surface area (Å²) in [6, 6.07) is -4.69. The van der Waals surface area contributed by atoms with Gasteiger partial charge in [0.25, 0.3) is 0 Å². The summed E-state index contributed by atoms with van der Waals surface area (Å²) in [6.07, 6.45) is 3.26. The number of aldehydes is 2. The van der Waals surface area contributed by atoms with Gasteiger partial charge in [0, 0.05) is 6.54 Å². The van der Waals surface area contributed by atoms with Crippen molar-refractivity contribution in [3.05, 3.63) is 0 Å². The minimum Gasteiger partial charge on any atom is -0.370 e. The molecule has 0 saturated heterocycles. The zero-order valence-electron chi connectivity index (χ0n) is 26.3. The maximum atomic E-state index is 13.5. The zero-order valence-corrected chi connectivity index (χ0v) is 26.3. The Bertz CT molecular complexity index is 934. The van der Waals surface area contributed by atoms with Gasteiger partial charge in [-0.15, -0.1) is 0 Å². The highest BCUT2D eigenvalue weighted by molar-refractivity contribution is 5.91. The number of primary amides is 1. The summed E-state index contributed by atoms with van der Waals surface area (Å²) in [7, 11) is 0. The third-order valence-electron chi connectivity index (χ3n) is 7.67. The van der Waals surface area contributed by atoms with Crippen LogP contribution >= 0.6 is 0 Å². The van der Waals surface area contributed by atoms with E-state index in [1.165, 1.54) is 0 Å². The number of nitrogens with two attached hydrogens (primary N) is 2. The van der Waals surface area contributed by atoms with E-state index in [2.05, 4.69) is 32.1 Å². The number of rotatable bonds is 23. The first-order valence-corrected chi connectivity index (χ1v) is 14.9. The highest BCUT2D eigenvalue weighted by Gasteiger charge is 2.32. The molecule has 0 aromatic carbocycles. The molecule has 0 unspecified atom stereocenters. The van der Waals surface area contributed by atoms with E-state index in [1.807, 2.05) is 27.7 Å². The second-order valence-electron chi connectivity index (χ2n) is 11.0. The van der Waals surface area contributed by atoms with Gasteiger partial charge in [0.05, 0.1) is 18.5 Å². The normalized spacial score (nSPS) is 16.6. The highest BCUT2D eigenvalue weighted by atomic mass is 16.2. The van der Waals surface area contributed by atoms with Gasteiger partial charge in [0.1, 0.15) is 30.7 Å². The number of nitrogens with one attached hydrogen (secondary N) is 7. The van der Waals surface area contributed by atoms with E-state index in [-0.39, 0.29) is 36.7 Å². The molecule has 0 aliphatic rings. The Morgan fingerprint density at radius 2 is 1.19 bits per heavy atom. The molecule has 11 N–H and O–H groups in total. The zero-order chi connectivity index (χ0) is 33.1. The predicted molar refractivity (Wildman–Crippen MR) is 163 cm³/mol. The fourth-order valence-corrected chi connectivity index (χ4v) is 4.01. The van der Waals surface area contributed by atoms with Crippen LogP contribution in [-0.4, -0.2) is 78.9 Å². The Morgan fingerprint density at radius 1 is 0.721 bits per heavy atom. The van der Waals surface area contributed by atoms with Crippen LogP contribution in [0.25, 0.3) is 0 Å². The molecule has 43 heavy (non-hydrogen) atoms. The summed E-state index contributed by atoms with van der Waals surface area (Å²) in [4.78, 5) is 74.6. The van der Waals surface area contributed by atoms with Crippen LogP contribution in [0.15, 0.2) is 0 Å². The molecule has 0 radical (unpaired) electrons. The molecule has 246 valence electrons. The van der Waals surface area contributed by atoms with Crippen LogP contribution in [0, 0.1) is 23.2 Å². The lowest BCUT2D eigenvalue weighted by Gasteiger charge is -2.29. The fraction of sp³-hybridized carbons (Fsp3) is 0.750. The molecule has 0 rings (SSSR count). The van der Waals surface area contributed by atoms with Crippen molar-refractivity contribution in [2.24, 2.45) is 29.2 Å². The summed E-state index contributed by atoms with van der Waals surface area (Å²) < 4.78 is 0. The van der Waals surface area contributed by atoms with E-state index >= 15 is 0 Å². The lowest BCUT2D eigenvalue weighted by atomic mass is 9.95. The predicted octanol–water partition coefficient (Wildman–Crippen LogP) is -1.05. The van der Waals surface area contributed by atoms with E-state index < -0.39 is 60.3 Å². The SMILES string of the molecule is CC[C@H](C)[C@H](NC(=O)[C@H](CCCNC(=N)N)NN[C@@H](CC(N)=O)C(=O)N[C@H](C=O)[C@@H](C)CC)C(=O)N[C@H](C=O)[C@@H](C)CC. The van der Waals surface area contributed by atoms with Gasteiger partial charge in [-0.1, -0.05) is 60.8 Å². The van der Waals surface area contributed by atoms with Crippen molar-refractivity contribution in [2.75, 3.05) is 6.54 Å². The quantitative estimate of drug-likeness (QED) is 0.0223. The van der Waals surface area contributed by atoms with Gasteiger partial charge >= 0.3 is 0 Å². The van der Waals surface area contributed by atoms with Crippen molar-refractivity contribution < 1.29 is 28.8 Å². The van der Waals surface area contributed by atoms with E-state index in [0.29, 0.717) is 38.3 Å². The van der Waals surface area contributed by atoms with E-state index in [0.717, 1.165) is 0 Å². The Balaban J connectivity index is 5.94. The van der Waals surface area contributed by atoms with Crippen LogP contribution in [0.3, 0.4) is 0 Å². The van der Waals surface area contributed by atoms with Gasteiger partial charge in [0.2, 0.25) is 23.6 Å². The molecule has 4 amide bonds. The minimum atomic E-state index is -1.22. The number of guanidine groups is 1. The fourth-order valence-electron chi connectivity index (χ4n) is 4.01. The summed E-state index contributed by atoms with van der Waals surface area (Å²) in [5, 5.41) is 18.1. The monoisotopic (exact) mass is 611 g/mol. The van der Waals surface area contributed by atoms with Gasteiger partial charge in [-0.2, -0.15) is 0 Å². The van der Waals surface area contributed by atoms with Crippen LogP contribution in [0.4, 0.5) is 0 Å². The largest absolute Gasteiger partial charge is 0.370 e. The molecular weight excluding hydrogens is 558 g/mol. The van der Waals surface area contributed by atoms with Gasteiger partial charge in [-0.25, -0.2) is 10.9 Å². The molecule has 0 saturated carbocycles. The Hall–Kier alpha value is -3.59. The Morgan fingerprint density at radius 3 is 1.63 bits per heavy atom. The first kappa shape index (κ1) is 39.4. The van der Waals surface area contributed by atoms with Gasteiger partial charge in [-0.05, 0) is 30.6 Å². The molecule has 0 fully saturated rings. The summed E-state index contributed by atoms with van der Waals surface area (Å²) in [5.41, 5.74) is 16.2. The van der Waals surface area contributed by atoms with Crippen LogP contribution < -0.4 is 43.6 Å². The van der Waals surface area contributed by atoms with Gasteiger partial charge in [0.15, 0.2) is 5.96 Å². The number of carbonyl (C=O) groups is 6. The lowest BCUT2D eigenvalue weighted by molar-refractivity contribution is -0.133. The summed E-state index contributed by atoms with van der Waals surface area (Å²) >= 11 is 0. The molecule has 8 atom stereocenters. The number of carbonyl (C=O) groups excluding carboxylic acids is 6. The molecule has 0 bridgehead atoms. The molecule has 15 heteroatoms. The number of hydrazine groups is 1. The summed E-state index contributed by atoms with van der Waals surface area (Å²) in [5.74, 6) is -3.30. The van der Waals surface area contributed by atoms with Crippen LogP contribution in [0.5, 0.6) is 0 Å². The number of hydrogen-bond acceptors (Lipinski definition) is 9. The van der Waals surface area contributed by atoms with E-state index in [9.17, 15) is 28.8 Å². The van der Waals surface area contributed by atoms with Crippen molar-refractivity contribution >= 4 is 42.2 Å². The highest BCUT2D eigenvalue weighted by Crippen LogP contribution is 2.12. The minimum absolute atomic E-state index is 0.102.